The van der Waals surface area contributed by atoms with Gasteiger partial charge in [-0.2, -0.15) is 4.99 Å². The Morgan fingerprint density at radius 3 is 2.72 bits per heavy atom. The number of thioether (sulfide) groups is 1. The van der Waals surface area contributed by atoms with Crippen molar-refractivity contribution >= 4 is 36.7 Å². The van der Waals surface area contributed by atoms with Gasteiger partial charge in [-0.25, -0.2) is 8.96 Å². The number of aliphatic imine (C=N–C) groups is 1. The molecule has 11 heteroatoms. The molecular formula is C14H14FN2O6PS. The summed E-state index contributed by atoms with van der Waals surface area (Å²) in [7, 11) is -4.91. The van der Waals surface area contributed by atoms with Gasteiger partial charge in [0.05, 0.1) is 4.91 Å². The monoisotopic (exact) mass is 388 g/mol. The van der Waals surface area contributed by atoms with Gasteiger partial charge in [-0.05, 0) is 42.8 Å². The van der Waals surface area contributed by atoms with Crippen LogP contribution in [0.3, 0.4) is 0 Å². The normalized spacial score (nSPS) is 19.6. The Morgan fingerprint density at radius 2 is 2.04 bits per heavy atom. The van der Waals surface area contributed by atoms with E-state index in [2.05, 4.69) is 14.6 Å². The van der Waals surface area contributed by atoms with E-state index in [1.54, 1.807) is 0 Å². The van der Waals surface area contributed by atoms with Crippen LogP contribution in [0.1, 0.15) is 18.4 Å². The molecule has 2 aliphatic rings. The molecule has 1 aromatic carbocycles. The summed E-state index contributed by atoms with van der Waals surface area (Å²) >= 11 is 1.19. The summed E-state index contributed by atoms with van der Waals surface area (Å²) in [5.41, 5.74) is 0.226. The summed E-state index contributed by atoms with van der Waals surface area (Å²) in [5.74, 6) is -1.39. The number of carbonyl (C=O) groups is 1. The molecule has 2 N–H and O–H groups in total. The van der Waals surface area contributed by atoms with Crippen molar-refractivity contribution in [2.24, 2.45) is 4.99 Å². The van der Waals surface area contributed by atoms with Crippen LogP contribution in [0.15, 0.2) is 28.1 Å². The molecule has 8 nitrogen and oxygen atoms in total. The Hall–Kier alpha value is -1.71. The number of halogens is 1. The first-order chi connectivity index (χ1) is 11.8. The second-order valence-electron chi connectivity index (χ2n) is 5.33. The van der Waals surface area contributed by atoms with Crippen molar-refractivity contribution in [1.29, 1.82) is 0 Å². The number of hydrogen-bond acceptors (Lipinski definition) is 6. The van der Waals surface area contributed by atoms with Gasteiger partial charge in [0, 0.05) is 24.7 Å². The van der Waals surface area contributed by atoms with E-state index >= 15 is 0 Å². The van der Waals surface area contributed by atoms with Gasteiger partial charge in [0.25, 0.3) is 5.91 Å². The van der Waals surface area contributed by atoms with Gasteiger partial charge in [0.1, 0.15) is 5.82 Å². The summed E-state index contributed by atoms with van der Waals surface area (Å²) in [4.78, 5) is 40.3. The molecule has 25 heavy (non-hydrogen) atoms. The average Bonchev–Trinajstić information content (AvgIpc) is 3.17. The highest BCUT2D eigenvalue weighted by molar-refractivity contribution is 8.18. The molecule has 2 aliphatic heterocycles. The van der Waals surface area contributed by atoms with Gasteiger partial charge in [-0.15, -0.1) is 0 Å². The third-order valence-electron chi connectivity index (χ3n) is 3.47. The quantitative estimate of drug-likeness (QED) is 0.350. The van der Waals surface area contributed by atoms with Gasteiger partial charge >= 0.3 is 7.82 Å². The molecule has 3 rings (SSSR count). The van der Waals surface area contributed by atoms with Gasteiger partial charge in [0.2, 0.25) is 0 Å². The van der Waals surface area contributed by atoms with E-state index in [4.69, 9.17) is 9.79 Å². The Morgan fingerprint density at radius 1 is 1.32 bits per heavy atom. The van der Waals surface area contributed by atoms with E-state index in [1.165, 1.54) is 23.9 Å². The SMILES string of the molecule is O=C1N=C(N2CCCC2)SC1=Cc1ccc(F)cc1OOP(=O)(O)O. The predicted octanol–water partition coefficient (Wildman–Crippen LogP) is 2.29. The van der Waals surface area contributed by atoms with Crippen LogP contribution in [0.25, 0.3) is 6.08 Å². The fraction of sp³-hybridized carbons (Fsp3) is 0.286. The number of amidine groups is 1. The summed E-state index contributed by atoms with van der Waals surface area (Å²) < 4.78 is 28.1. The van der Waals surface area contributed by atoms with Crippen molar-refractivity contribution in [3.05, 3.63) is 34.5 Å². The Kier molecular flexibility index (Phi) is 5.26. The third kappa shape index (κ3) is 4.68. The smallest absolute Gasteiger partial charge is 0.351 e. The number of amides is 1. The first kappa shape index (κ1) is 18.1. The minimum atomic E-state index is -4.91. The fourth-order valence-corrected chi connectivity index (χ4v) is 3.50. The second-order valence-corrected chi connectivity index (χ2v) is 7.47. The van der Waals surface area contributed by atoms with Gasteiger partial charge < -0.3 is 19.6 Å². The molecule has 1 aromatic rings. The van der Waals surface area contributed by atoms with Crippen LogP contribution in [0.2, 0.25) is 0 Å². The number of phosphoric acid groups is 1. The molecule has 0 spiro atoms. The van der Waals surface area contributed by atoms with Crippen molar-refractivity contribution in [1.82, 2.24) is 4.90 Å². The lowest BCUT2D eigenvalue weighted by molar-refractivity contribution is -0.123. The zero-order valence-electron chi connectivity index (χ0n) is 12.8. The highest BCUT2D eigenvalue weighted by Gasteiger charge is 2.28. The van der Waals surface area contributed by atoms with Crippen LogP contribution in [0, 0.1) is 5.82 Å². The van der Waals surface area contributed by atoms with Crippen molar-refractivity contribution in [2.45, 2.75) is 12.8 Å². The van der Waals surface area contributed by atoms with Crippen LogP contribution in [-0.2, 0) is 14.0 Å². The molecule has 1 saturated heterocycles. The summed E-state index contributed by atoms with van der Waals surface area (Å²) in [6.45, 7) is 1.68. The Bertz CT molecular complexity index is 803. The molecule has 134 valence electrons. The minimum absolute atomic E-state index is 0.226. The topological polar surface area (TPSA) is 109 Å². The van der Waals surface area contributed by atoms with Gasteiger partial charge in [-0.1, -0.05) is 4.67 Å². The van der Waals surface area contributed by atoms with Crippen LogP contribution < -0.4 is 4.89 Å². The van der Waals surface area contributed by atoms with Crippen molar-refractivity contribution in [2.75, 3.05) is 13.1 Å². The number of benzene rings is 1. The number of rotatable bonds is 4. The van der Waals surface area contributed by atoms with Crippen LogP contribution in [0.5, 0.6) is 5.75 Å². The lowest BCUT2D eigenvalue weighted by Crippen LogP contribution is -2.23. The maximum absolute atomic E-state index is 13.4. The van der Waals surface area contributed by atoms with Gasteiger partial charge in [0.15, 0.2) is 10.9 Å². The maximum atomic E-state index is 13.4. The van der Waals surface area contributed by atoms with Crippen LogP contribution >= 0.6 is 19.6 Å². The lowest BCUT2D eigenvalue weighted by atomic mass is 10.2. The van der Waals surface area contributed by atoms with Crippen LogP contribution in [0.4, 0.5) is 4.39 Å². The van der Waals surface area contributed by atoms with E-state index in [1.807, 2.05) is 4.90 Å². The standard InChI is InChI=1S/C14H14FN2O6PS/c15-10-4-3-9(11(8-10)22-23-24(19,20)21)7-12-13(18)16-14(25-12)17-5-1-2-6-17/h3-4,7-8H,1-2,5-6H2,(H2,19,20,21). The molecule has 0 radical (unpaired) electrons. The molecule has 0 unspecified atom stereocenters. The molecule has 0 atom stereocenters. The van der Waals surface area contributed by atoms with Crippen LogP contribution in [-0.4, -0.2) is 38.9 Å². The van der Waals surface area contributed by atoms with Crippen molar-refractivity contribution < 1.29 is 33.1 Å². The first-order valence-electron chi connectivity index (χ1n) is 7.31. The molecule has 2 heterocycles. The maximum Gasteiger partial charge on any atom is 0.505 e. The Balaban J connectivity index is 1.81. The molecule has 0 aliphatic carbocycles. The zero-order chi connectivity index (χ0) is 18.0. The number of likely N-dealkylation sites (tertiary alicyclic amines) is 1. The van der Waals surface area contributed by atoms with Crippen molar-refractivity contribution in [3.8, 4) is 5.75 Å². The molecule has 0 saturated carbocycles. The van der Waals surface area contributed by atoms with E-state index in [0.29, 0.717) is 10.1 Å². The summed E-state index contributed by atoms with van der Waals surface area (Å²) in [6, 6.07) is 3.33. The number of hydrogen-bond donors (Lipinski definition) is 2. The first-order valence-corrected chi connectivity index (χ1v) is 9.65. The second kappa shape index (κ2) is 7.27. The predicted molar refractivity (Wildman–Crippen MR) is 89.0 cm³/mol. The number of carbonyl (C=O) groups excluding carboxylic acids is 1. The average molecular weight is 388 g/mol. The van der Waals surface area contributed by atoms with E-state index in [-0.39, 0.29) is 11.3 Å². The third-order valence-corrected chi connectivity index (χ3v) is 4.79. The molecule has 1 amide bonds. The molecule has 0 bridgehead atoms. The molecule has 0 aromatic heterocycles. The minimum Gasteiger partial charge on any atom is -0.351 e. The summed E-state index contributed by atoms with van der Waals surface area (Å²) in [6.07, 6.45) is 3.50. The fourth-order valence-electron chi connectivity index (χ4n) is 2.37. The van der Waals surface area contributed by atoms with E-state index in [0.717, 1.165) is 38.1 Å². The zero-order valence-corrected chi connectivity index (χ0v) is 14.5. The van der Waals surface area contributed by atoms with Gasteiger partial charge in [-0.3, -0.25) is 4.79 Å². The summed E-state index contributed by atoms with van der Waals surface area (Å²) in [5, 5.41) is 0.616. The highest BCUT2D eigenvalue weighted by Crippen LogP contribution is 2.38. The Labute approximate surface area is 146 Å². The largest absolute Gasteiger partial charge is 0.505 e. The molecular weight excluding hydrogens is 374 g/mol. The van der Waals surface area contributed by atoms with E-state index < -0.39 is 19.5 Å². The lowest BCUT2D eigenvalue weighted by Gasteiger charge is -2.14. The molecule has 1 fully saturated rings. The van der Waals surface area contributed by atoms with E-state index in [9.17, 15) is 13.8 Å². The number of nitrogens with zero attached hydrogens (tertiary/aromatic N) is 2. The highest BCUT2D eigenvalue weighted by atomic mass is 32.2. The van der Waals surface area contributed by atoms with Crippen molar-refractivity contribution in [3.63, 3.8) is 0 Å².